The molecule has 3 aromatic heterocycles. The third kappa shape index (κ3) is 4.28. The van der Waals surface area contributed by atoms with Crippen LogP contribution in [-0.2, 0) is 11.2 Å². The molecule has 10 heteroatoms. The van der Waals surface area contributed by atoms with E-state index in [1.165, 1.54) is 17.6 Å². The molecule has 3 heterocycles. The first kappa shape index (κ1) is 19.5. The second kappa shape index (κ2) is 8.29. The van der Waals surface area contributed by atoms with Crippen LogP contribution in [0.1, 0.15) is 27.7 Å². The van der Waals surface area contributed by atoms with Gasteiger partial charge in [0.05, 0.1) is 29.6 Å². The lowest BCUT2D eigenvalue weighted by Gasteiger charge is -2.07. The number of amides is 2. The number of nitrogens with one attached hydrogen (secondary N) is 2. The maximum absolute atomic E-state index is 12.5. The maximum atomic E-state index is 12.5. The van der Waals surface area contributed by atoms with E-state index in [4.69, 9.17) is 8.94 Å². The molecule has 0 saturated carbocycles. The smallest absolute Gasteiger partial charge is 0.260 e. The normalized spacial score (nSPS) is 10.7. The Balaban J connectivity index is 1.41. The highest BCUT2D eigenvalue weighted by molar-refractivity contribution is 7.14. The van der Waals surface area contributed by atoms with Gasteiger partial charge in [0.15, 0.2) is 5.13 Å². The van der Waals surface area contributed by atoms with E-state index in [2.05, 4.69) is 25.8 Å². The predicted octanol–water partition coefficient (Wildman–Crippen LogP) is 3.84. The summed E-state index contributed by atoms with van der Waals surface area (Å²) >= 11 is 1.25. The number of anilines is 2. The number of aryl methyl sites for hydroxylation is 2. The summed E-state index contributed by atoms with van der Waals surface area (Å²) in [6, 6.07) is 8.79. The Morgan fingerprint density at radius 2 is 1.93 bits per heavy atom. The molecule has 0 aliphatic rings. The predicted molar refractivity (Wildman–Crippen MR) is 110 cm³/mol. The Bertz CT molecular complexity index is 1210. The number of para-hydroxylation sites is 1. The SMILES string of the molecule is Cc1nc(-c2ccccc2NC(=O)Cc2csc(NC(=O)c3ccoc3C)n2)no1. The summed E-state index contributed by atoms with van der Waals surface area (Å²) < 4.78 is 10.2. The minimum Gasteiger partial charge on any atom is -0.469 e. The molecule has 0 fully saturated rings. The van der Waals surface area contributed by atoms with Gasteiger partial charge in [-0.1, -0.05) is 17.3 Å². The first-order valence-corrected chi connectivity index (χ1v) is 9.87. The van der Waals surface area contributed by atoms with E-state index in [0.29, 0.717) is 45.1 Å². The van der Waals surface area contributed by atoms with Crippen molar-refractivity contribution >= 4 is 34.0 Å². The molecular weight excluding hydrogens is 406 g/mol. The second-order valence-electron chi connectivity index (χ2n) is 6.40. The van der Waals surface area contributed by atoms with Crippen LogP contribution in [0.2, 0.25) is 0 Å². The molecule has 0 radical (unpaired) electrons. The molecule has 9 nitrogen and oxygen atoms in total. The number of hydrogen-bond donors (Lipinski definition) is 2. The molecule has 30 heavy (non-hydrogen) atoms. The van der Waals surface area contributed by atoms with Gasteiger partial charge in [0.25, 0.3) is 5.91 Å². The van der Waals surface area contributed by atoms with Crippen molar-refractivity contribution in [2.75, 3.05) is 10.6 Å². The van der Waals surface area contributed by atoms with Gasteiger partial charge in [0.1, 0.15) is 5.76 Å². The average molecular weight is 423 g/mol. The topological polar surface area (TPSA) is 123 Å². The van der Waals surface area contributed by atoms with Crippen LogP contribution in [0.3, 0.4) is 0 Å². The van der Waals surface area contributed by atoms with E-state index in [1.54, 1.807) is 43.5 Å². The second-order valence-corrected chi connectivity index (χ2v) is 7.25. The lowest BCUT2D eigenvalue weighted by Crippen LogP contribution is -2.16. The number of nitrogens with zero attached hydrogens (tertiary/aromatic N) is 3. The molecule has 2 amide bonds. The molecule has 4 rings (SSSR count). The van der Waals surface area contributed by atoms with E-state index >= 15 is 0 Å². The summed E-state index contributed by atoms with van der Waals surface area (Å²) in [6.45, 7) is 3.41. The monoisotopic (exact) mass is 423 g/mol. The highest BCUT2D eigenvalue weighted by atomic mass is 32.1. The molecule has 0 aliphatic carbocycles. The number of benzene rings is 1. The van der Waals surface area contributed by atoms with Gasteiger partial charge >= 0.3 is 0 Å². The number of carbonyl (C=O) groups excluding carboxylic acids is 2. The zero-order valence-corrected chi connectivity index (χ0v) is 16.9. The number of carbonyl (C=O) groups is 2. The molecule has 0 saturated heterocycles. The van der Waals surface area contributed by atoms with Crippen LogP contribution in [0, 0.1) is 13.8 Å². The zero-order valence-electron chi connectivity index (χ0n) is 16.1. The Morgan fingerprint density at radius 3 is 2.67 bits per heavy atom. The molecule has 152 valence electrons. The van der Waals surface area contributed by atoms with Crippen molar-refractivity contribution < 1.29 is 18.5 Å². The van der Waals surface area contributed by atoms with E-state index < -0.39 is 0 Å². The van der Waals surface area contributed by atoms with Crippen molar-refractivity contribution in [2.45, 2.75) is 20.3 Å². The van der Waals surface area contributed by atoms with Crippen molar-refractivity contribution in [1.29, 1.82) is 0 Å². The average Bonchev–Trinajstić information content (AvgIpc) is 3.44. The van der Waals surface area contributed by atoms with Crippen LogP contribution in [0.15, 0.2) is 50.9 Å². The quantitative estimate of drug-likeness (QED) is 0.483. The minimum atomic E-state index is -0.309. The first-order chi connectivity index (χ1) is 14.5. The summed E-state index contributed by atoms with van der Waals surface area (Å²) in [4.78, 5) is 33.3. The fraction of sp³-hybridized carbons (Fsp3) is 0.150. The Hall–Kier alpha value is -3.79. The summed E-state index contributed by atoms with van der Waals surface area (Å²) in [5.74, 6) is 0.803. The maximum Gasteiger partial charge on any atom is 0.260 e. The van der Waals surface area contributed by atoms with E-state index in [-0.39, 0.29) is 18.2 Å². The van der Waals surface area contributed by atoms with Gasteiger partial charge in [-0.25, -0.2) is 4.98 Å². The van der Waals surface area contributed by atoms with Crippen LogP contribution < -0.4 is 10.6 Å². The number of thiazole rings is 1. The van der Waals surface area contributed by atoms with Crippen molar-refractivity contribution in [3.63, 3.8) is 0 Å². The lowest BCUT2D eigenvalue weighted by molar-refractivity contribution is -0.115. The highest BCUT2D eigenvalue weighted by Crippen LogP contribution is 2.26. The standard InChI is InChI=1S/C20H17N5O4S/c1-11-14(7-8-28-11)19(27)24-20-22-13(10-30-20)9-17(26)23-16-6-4-3-5-15(16)18-21-12(2)29-25-18/h3-8,10H,9H2,1-2H3,(H,23,26)(H,22,24,27). The largest absolute Gasteiger partial charge is 0.469 e. The van der Waals surface area contributed by atoms with Crippen molar-refractivity contribution in [3.05, 3.63) is 64.9 Å². The van der Waals surface area contributed by atoms with Crippen LogP contribution in [0.25, 0.3) is 11.4 Å². The first-order valence-electron chi connectivity index (χ1n) is 8.99. The van der Waals surface area contributed by atoms with Crippen LogP contribution in [0.5, 0.6) is 0 Å². The molecule has 0 atom stereocenters. The van der Waals surface area contributed by atoms with E-state index in [0.717, 1.165) is 0 Å². The molecule has 1 aromatic carbocycles. The molecule has 0 unspecified atom stereocenters. The fourth-order valence-corrected chi connectivity index (χ4v) is 3.49. The van der Waals surface area contributed by atoms with Gasteiger partial charge in [-0.05, 0) is 25.1 Å². The fourth-order valence-electron chi connectivity index (χ4n) is 2.79. The van der Waals surface area contributed by atoms with E-state index in [1.807, 2.05) is 6.07 Å². The molecule has 0 spiro atoms. The molecular formula is C20H17N5O4S. The van der Waals surface area contributed by atoms with Gasteiger partial charge in [-0.2, -0.15) is 4.98 Å². The number of aromatic nitrogens is 3. The molecule has 0 aliphatic heterocycles. The summed E-state index contributed by atoms with van der Waals surface area (Å²) in [7, 11) is 0. The summed E-state index contributed by atoms with van der Waals surface area (Å²) in [5, 5.41) is 11.6. The van der Waals surface area contributed by atoms with Crippen LogP contribution in [-0.4, -0.2) is 26.9 Å². The lowest BCUT2D eigenvalue weighted by atomic mass is 10.1. The Kier molecular flexibility index (Phi) is 5.40. The number of hydrogen-bond acceptors (Lipinski definition) is 8. The summed E-state index contributed by atoms with van der Waals surface area (Å²) in [6.07, 6.45) is 1.51. The van der Waals surface area contributed by atoms with Gasteiger partial charge in [0, 0.05) is 17.9 Å². The number of furan rings is 1. The highest BCUT2D eigenvalue weighted by Gasteiger charge is 2.16. The van der Waals surface area contributed by atoms with Crippen LogP contribution >= 0.6 is 11.3 Å². The third-order valence-corrected chi connectivity index (χ3v) is 4.99. The molecule has 0 bridgehead atoms. The Morgan fingerprint density at radius 1 is 1.10 bits per heavy atom. The molecule has 2 N–H and O–H groups in total. The Labute approximate surface area is 175 Å². The van der Waals surface area contributed by atoms with Gasteiger partial charge in [0.2, 0.25) is 17.6 Å². The van der Waals surface area contributed by atoms with Crippen molar-refractivity contribution in [2.24, 2.45) is 0 Å². The number of rotatable bonds is 6. The van der Waals surface area contributed by atoms with Crippen molar-refractivity contribution in [3.8, 4) is 11.4 Å². The van der Waals surface area contributed by atoms with Crippen LogP contribution in [0.4, 0.5) is 10.8 Å². The summed E-state index contributed by atoms with van der Waals surface area (Å²) in [5.41, 5.74) is 2.22. The van der Waals surface area contributed by atoms with Crippen molar-refractivity contribution in [1.82, 2.24) is 15.1 Å². The van der Waals surface area contributed by atoms with Gasteiger partial charge in [-0.3, -0.25) is 14.9 Å². The minimum absolute atomic E-state index is 0.0523. The molecule has 4 aromatic rings. The van der Waals surface area contributed by atoms with Gasteiger partial charge < -0.3 is 14.3 Å². The zero-order chi connectivity index (χ0) is 21.1. The van der Waals surface area contributed by atoms with Gasteiger partial charge in [-0.15, -0.1) is 11.3 Å². The third-order valence-electron chi connectivity index (χ3n) is 4.19. The van der Waals surface area contributed by atoms with E-state index in [9.17, 15) is 9.59 Å².